The third-order valence-corrected chi connectivity index (χ3v) is 5.65. The van der Waals surface area contributed by atoms with Crippen LogP contribution in [0.5, 0.6) is 0 Å². The average Bonchev–Trinajstić information content (AvgIpc) is 2.69. The van der Waals surface area contributed by atoms with E-state index in [1.807, 2.05) is 6.92 Å². The molecule has 0 saturated carbocycles. The zero-order valence-corrected chi connectivity index (χ0v) is 20.7. The van der Waals surface area contributed by atoms with Crippen LogP contribution >= 0.6 is 7.82 Å². The lowest BCUT2D eigenvalue weighted by Crippen LogP contribution is -2.50. The number of hydrogen-bond acceptors (Lipinski definition) is 10. The first kappa shape index (κ1) is 28.5. The molecule has 0 aromatic heterocycles. The van der Waals surface area contributed by atoms with Gasteiger partial charge in [-0.05, 0) is 27.7 Å². The Kier molecular flexibility index (Phi) is 11.3. The summed E-state index contributed by atoms with van der Waals surface area (Å²) in [6.07, 6.45) is -0.597. The molecule has 32 heavy (non-hydrogen) atoms. The molecule has 0 aliphatic carbocycles. The second-order valence-corrected chi connectivity index (χ2v) is 10.6. The van der Waals surface area contributed by atoms with Crippen LogP contribution in [0, 0.1) is 10.8 Å². The zero-order chi connectivity index (χ0) is 24.4. The smallest absolute Gasteiger partial charge is 0.466 e. The number of phosphoric ester groups is 1. The van der Waals surface area contributed by atoms with Crippen molar-refractivity contribution in [1.82, 2.24) is 5.32 Å². The van der Waals surface area contributed by atoms with Crippen LogP contribution in [0.1, 0.15) is 54.4 Å². The molecule has 1 heterocycles. The lowest BCUT2D eigenvalue weighted by atomic mass is 9.87. The molecule has 0 unspecified atom stereocenters. The Hall–Kier alpha value is -1.52. The van der Waals surface area contributed by atoms with Gasteiger partial charge in [0.15, 0.2) is 6.10 Å². The van der Waals surface area contributed by atoms with Crippen LogP contribution in [0.3, 0.4) is 0 Å². The standard InChI is InChI=1S/C20H36NO10P/c1-7-26-11-8-12-27-15(22)9-10-21-17(23)16-20(5,6)13-29-32(25,31-16)30-14-28-18(24)19(2,3)4/h16H,7-14H2,1-6H3,(H,21,23)/t16-,32+/m0/s1. The van der Waals surface area contributed by atoms with Gasteiger partial charge in [-0.1, -0.05) is 13.8 Å². The van der Waals surface area contributed by atoms with Crippen molar-refractivity contribution in [2.24, 2.45) is 10.8 Å². The van der Waals surface area contributed by atoms with Crippen LogP contribution in [0.15, 0.2) is 0 Å². The number of carbonyl (C=O) groups is 3. The lowest BCUT2D eigenvalue weighted by Gasteiger charge is -2.39. The topological polar surface area (TPSA) is 136 Å². The van der Waals surface area contributed by atoms with Gasteiger partial charge < -0.3 is 19.5 Å². The molecule has 1 saturated heterocycles. The fourth-order valence-corrected chi connectivity index (χ4v) is 3.91. The van der Waals surface area contributed by atoms with E-state index in [2.05, 4.69) is 5.32 Å². The molecule has 0 aromatic carbocycles. The number of carbonyl (C=O) groups excluding carboxylic acids is 3. The van der Waals surface area contributed by atoms with Crippen molar-refractivity contribution in [3.63, 3.8) is 0 Å². The predicted molar refractivity (Wildman–Crippen MR) is 113 cm³/mol. The highest BCUT2D eigenvalue weighted by molar-refractivity contribution is 7.48. The molecule has 1 fully saturated rings. The van der Waals surface area contributed by atoms with Gasteiger partial charge in [-0.3, -0.25) is 23.4 Å². The largest absolute Gasteiger partial charge is 0.478 e. The van der Waals surface area contributed by atoms with Gasteiger partial charge in [0.25, 0.3) is 0 Å². The van der Waals surface area contributed by atoms with Gasteiger partial charge in [0.05, 0.1) is 25.0 Å². The Labute approximate surface area is 189 Å². The number of phosphoric acid groups is 1. The fraction of sp³-hybridized carbons (Fsp3) is 0.850. The first-order valence-electron chi connectivity index (χ1n) is 10.6. The van der Waals surface area contributed by atoms with E-state index < -0.39 is 49.4 Å². The molecule has 1 N–H and O–H groups in total. The molecular formula is C20H36NO10P. The number of esters is 2. The Morgan fingerprint density at radius 2 is 1.84 bits per heavy atom. The Morgan fingerprint density at radius 3 is 2.47 bits per heavy atom. The van der Waals surface area contributed by atoms with Crippen LogP contribution in [0.25, 0.3) is 0 Å². The van der Waals surface area contributed by atoms with E-state index in [-0.39, 0.29) is 26.2 Å². The number of rotatable bonds is 12. The maximum Gasteiger partial charge on any atom is 0.478 e. The summed E-state index contributed by atoms with van der Waals surface area (Å²) < 4.78 is 43.4. The molecule has 1 amide bonds. The Bertz CT molecular complexity index is 688. The summed E-state index contributed by atoms with van der Waals surface area (Å²) in [5.41, 5.74) is -1.58. The van der Waals surface area contributed by atoms with Gasteiger partial charge in [-0.25, -0.2) is 9.09 Å². The van der Waals surface area contributed by atoms with Crippen LogP contribution in [-0.2, 0) is 46.7 Å². The number of ether oxygens (including phenoxy) is 3. The summed E-state index contributed by atoms with van der Waals surface area (Å²) in [5.74, 6) is -1.58. The summed E-state index contributed by atoms with van der Waals surface area (Å²) in [5, 5.41) is 2.57. The van der Waals surface area contributed by atoms with Crippen LogP contribution in [-0.4, -0.2) is 63.7 Å². The molecule has 12 heteroatoms. The van der Waals surface area contributed by atoms with Crippen LogP contribution < -0.4 is 5.32 Å². The molecule has 0 bridgehead atoms. The third kappa shape index (κ3) is 9.95. The fourth-order valence-electron chi connectivity index (χ4n) is 2.40. The highest BCUT2D eigenvalue weighted by Gasteiger charge is 2.49. The van der Waals surface area contributed by atoms with Crippen LogP contribution in [0.2, 0.25) is 0 Å². The van der Waals surface area contributed by atoms with Gasteiger partial charge in [0.2, 0.25) is 12.7 Å². The van der Waals surface area contributed by atoms with E-state index >= 15 is 0 Å². The van der Waals surface area contributed by atoms with E-state index in [0.29, 0.717) is 19.6 Å². The molecule has 11 nitrogen and oxygen atoms in total. The maximum absolute atomic E-state index is 12.7. The SMILES string of the molecule is CCOCCCOC(=O)CCNC(=O)[C@@H]1O[P@@](=O)(OCOC(=O)C(C)(C)C)OCC1(C)C. The molecule has 1 aliphatic rings. The normalized spacial score (nSPS) is 22.8. The maximum atomic E-state index is 12.7. The second-order valence-electron chi connectivity index (χ2n) is 8.94. The van der Waals surface area contributed by atoms with E-state index in [4.69, 9.17) is 27.8 Å². The summed E-state index contributed by atoms with van der Waals surface area (Å²) in [7, 11) is -4.13. The summed E-state index contributed by atoms with van der Waals surface area (Å²) in [6, 6.07) is 0. The molecule has 0 aromatic rings. The molecule has 0 spiro atoms. The minimum atomic E-state index is -4.13. The lowest BCUT2D eigenvalue weighted by molar-refractivity contribution is -0.163. The van der Waals surface area contributed by atoms with Gasteiger partial charge >= 0.3 is 19.8 Å². The monoisotopic (exact) mass is 481 g/mol. The molecule has 1 aliphatic heterocycles. The number of nitrogens with one attached hydrogen (secondary N) is 1. The van der Waals surface area contributed by atoms with E-state index in [1.165, 1.54) is 0 Å². The van der Waals surface area contributed by atoms with Crippen molar-refractivity contribution in [3.05, 3.63) is 0 Å². The van der Waals surface area contributed by atoms with Crippen molar-refractivity contribution in [2.45, 2.75) is 60.5 Å². The molecule has 0 radical (unpaired) electrons. The molecule has 186 valence electrons. The van der Waals surface area contributed by atoms with Crippen molar-refractivity contribution in [2.75, 3.05) is 39.8 Å². The second kappa shape index (κ2) is 12.6. The average molecular weight is 481 g/mol. The first-order valence-corrected chi connectivity index (χ1v) is 12.0. The van der Waals surface area contributed by atoms with Gasteiger partial charge in [0, 0.05) is 31.6 Å². The molecule has 2 atom stereocenters. The van der Waals surface area contributed by atoms with E-state index in [0.717, 1.165) is 0 Å². The highest BCUT2D eigenvalue weighted by atomic mass is 31.2. The first-order chi connectivity index (χ1) is 14.8. The zero-order valence-electron chi connectivity index (χ0n) is 19.8. The summed E-state index contributed by atoms with van der Waals surface area (Å²) in [6.45, 7) is 10.9. The van der Waals surface area contributed by atoms with Crippen molar-refractivity contribution in [1.29, 1.82) is 0 Å². The van der Waals surface area contributed by atoms with Gasteiger partial charge in [-0.15, -0.1) is 0 Å². The number of amides is 1. The minimum absolute atomic E-state index is 0.0221. The predicted octanol–water partition coefficient (Wildman–Crippen LogP) is 2.58. The summed E-state index contributed by atoms with van der Waals surface area (Å²) >= 11 is 0. The van der Waals surface area contributed by atoms with E-state index in [9.17, 15) is 18.9 Å². The Balaban J connectivity index is 2.49. The van der Waals surface area contributed by atoms with Gasteiger partial charge in [-0.2, -0.15) is 0 Å². The molecule has 1 rings (SSSR count). The van der Waals surface area contributed by atoms with Crippen molar-refractivity contribution < 1.29 is 46.7 Å². The third-order valence-electron chi connectivity index (χ3n) is 4.32. The molecular weight excluding hydrogens is 445 g/mol. The van der Waals surface area contributed by atoms with Gasteiger partial charge in [0.1, 0.15) is 0 Å². The van der Waals surface area contributed by atoms with E-state index in [1.54, 1.807) is 34.6 Å². The quantitative estimate of drug-likeness (QED) is 0.192. The summed E-state index contributed by atoms with van der Waals surface area (Å²) in [4.78, 5) is 36.1. The van der Waals surface area contributed by atoms with Crippen molar-refractivity contribution >= 4 is 25.7 Å². The Morgan fingerprint density at radius 1 is 1.16 bits per heavy atom. The van der Waals surface area contributed by atoms with Crippen LogP contribution in [0.4, 0.5) is 0 Å². The van der Waals surface area contributed by atoms with Crippen molar-refractivity contribution in [3.8, 4) is 0 Å². The highest BCUT2D eigenvalue weighted by Crippen LogP contribution is 2.57. The minimum Gasteiger partial charge on any atom is -0.466 e. The number of hydrogen-bond donors (Lipinski definition) is 1.